The third-order valence-corrected chi connectivity index (χ3v) is 4.11. The SMILES string of the molecule is CCOc1ccc2nc(Nc3c(F)cccc3Cl)sc2c1. The average molecular weight is 323 g/mol. The Kier molecular flexibility index (Phi) is 3.94. The van der Waals surface area contributed by atoms with E-state index in [1.54, 1.807) is 12.1 Å². The lowest BCUT2D eigenvalue weighted by Gasteiger charge is -2.05. The van der Waals surface area contributed by atoms with Crippen LogP contribution in [0.2, 0.25) is 5.02 Å². The molecule has 3 nitrogen and oxygen atoms in total. The molecular formula is C15H12ClFN2OS. The summed E-state index contributed by atoms with van der Waals surface area (Å²) in [6.45, 7) is 2.55. The summed E-state index contributed by atoms with van der Waals surface area (Å²) >= 11 is 7.42. The maximum Gasteiger partial charge on any atom is 0.188 e. The predicted molar refractivity (Wildman–Crippen MR) is 85.5 cm³/mol. The van der Waals surface area contributed by atoms with Crippen LogP contribution in [-0.4, -0.2) is 11.6 Å². The van der Waals surface area contributed by atoms with Crippen molar-refractivity contribution in [1.29, 1.82) is 0 Å². The number of hydrogen-bond acceptors (Lipinski definition) is 4. The van der Waals surface area contributed by atoms with E-state index in [2.05, 4.69) is 10.3 Å². The van der Waals surface area contributed by atoms with E-state index in [1.807, 2.05) is 25.1 Å². The Labute approximate surface area is 130 Å². The third kappa shape index (κ3) is 2.94. The maximum absolute atomic E-state index is 13.8. The molecule has 6 heteroatoms. The Morgan fingerprint density at radius 1 is 1.33 bits per heavy atom. The number of rotatable bonds is 4. The number of anilines is 2. The lowest BCUT2D eigenvalue weighted by Crippen LogP contribution is -1.93. The van der Waals surface area contributed by atoms with E-state index in [9.17, 15) is 4.39 Å². The predicted octanol–water partition coefficient (Wildman–Crippen LogP) is 5.23. The second-order valence-electron chi connectivity index (χ2n) is 4.30. The van der Waals surface area contributed by atoms with E-state index in [0.29, 0.717) is 16.8 Å². The molecule has 3 rings (SSSR count). The van der Waals surface area contributed by atoms with Crippen molar-refractivity contribution in [2.24, 2.45) is 0 Å². The van der Waals surface area contributed by atoms with Gasteiger partial charge in [0, 0.05) is 0 Å². The fourth-order valence-corrected chi connectivity index (χ4v) is 3.05. The lowest BCUT2D eigenvalue weighted by atomic mass is 10.3. The summed E-state index contributed by atoms with van der Waals surface area (Å²) in [5.41, 5.74) is 1.07. The van der Waals surface area contributed by atoms with E-state index in [-0.39, 0.29) is 5.69 Å². The monoisotopic (exact) mass is 322 g/mol. The third-order valence-electron chi connectivity index (χ3n) is 2.87. The fourth-order valence-electron chi connectivity index (χ4n) is 1.94. The standard InChI is InChI=1S/C15H12ClFN2OS/c1-2-20-9-6-7-12-13(8-9)21-15(18-12)19-14-10(16)4-3-5-11(14)17/h3-8H,2H2,1H3,(H,18,19). The summed E-state index contributed by atoms with van der Waals surface area (Å²) in [5.74, 6) is 0.390. The van der Waals surface area contributed by atoms with Crippen LogP contribution in [0.1, 0.15) is 6.92 Å². The molecule has 0 aliphatic heterocycles. The van der Waals surface area contributed by atoms with Crippen molar-refractivity contribution in [3.8, 4) is 5.75 Å². The van der Waals surface area contributed by atoms with Crippen LogP contribution in [0.25, 0.3) is 10.2 Å². The second kappa shape index (κ2) is 5.87. The van der Waals surface area contributed by atoms with Crippen LogP contribution in [0.15, 0.2) is 36.4 Å². The van der Waals surface area contributed by atoms with Gasteiger partial charge in [0.25, 0.3) is 0 Å². The Bertz CT molecular complexity index is 770. The molecule has 0 spiro atoms. The molecule has 1 aromatic heterocycles. The molecular weight excluding hydrogens is 311 g/mol. The number of halogens is 2. The first-order chi connectivity index (χ1) is 10.2. The molecule has 2 aromatic carbocycles. The lowest BCUT2D eigenvalue weighted by molar-refractivity contribution is 0.341. The number of aromatic nitrogens is 1. The smallest absolute Gasteiger partial charge is 0.188 e. The van der Waals surface area contributed by atoms with E-state index in [0.717, 1.165) is 16.0 Å². The van der Waals surface area contributed by atoms with Crippen LogP contribution in [0.3, 0.4) is 0 Å². The minimum atomic E-state index is -0.406. The molecule has 1 heterocycles. The van der Waals surface area contributed by atoms with Gasteiger partial charge in [-0.25, -0.2) is 9.37 Å². The van der Waals surface area contributed by atoms with E-state index in [4.69, 9.17) is 16.3 Å². The number of ether oxygens (including phenoxy) is 1. The van der Waals surface area contributed by atoms with Crippen LogP contribution >= 0.6 is 22.9 Å². The van der Waals surface area contributed by atoms with Gasteiger partial charge in [0.1, 0.15) is 11.6 Å². The summed E-state index contributed by atoms with van der Waals surface area (Å²) in [6.07, 6.45) is 0. The van der Waals surface area contributed by atoms with Crippen molar-refractivity contribution >= 4 is 44.0 Å². The van der Waals surface area contributed by atoms with E-state index in [1.165, 1.54) is 17.4 Å². The van der Waals surface area contributed by atoms with E-state index >= 15 is 0 Å². The van der Waals surface area contributed by atoms with Gasteiger partial charge in [-0.2, -0.15) is 0 Å². The molecule has 0 amide bonds. The molecule has 0 aliphatic rings. The topological polar surface area (TPSA) is 34.1 Å². The van der Waals surface area contributed by atoms with E-state index < -0.39 is 5.82 Å². The summed E-state index contributed by atoms with van der Waals surface area (Å²) in [4.78, 5) is 4.42. The zero-order chi connectivity index (χ0) is 14.8. The van der Waals surface area contributed by atoms with Crippen molar-refractivity contribution in [3.63, 3.8) is 0 Å². The Morgan fingerprint density at radius 2 is 2.19 bits per heavy atom. The van der Waals surface area contributed by atoms with Crippen LogP contribution in [0.4, 0.5) is 15.2 Å². The molecule has 0 radical (unpaired) electrons. The van der Waals surface area contributed by atoms with Gasteiger partial charge < -0.3 is 10.1 Å². The Morgan fingerprint density at radius 3 is 2.95 bits per heavy atom. The highest BCUT2D eigenvalue weighted by Gasteiger charge is 2.10. The molecule has 21 heavy (non-hydrogen) atoms. The number of nitrogens with zero attached hydrogens (tertiary/aromatic N) is 1. The van der Waals surface area contributed by atoms with Gasteiger partial charge in [0.05, 0.1) is 27.5 Å². The van der Waals surface area contributed by atoms with Gasteiger partial charge in [0.2, 0.25) is 0 Å². The highest BCUT2D eigenvalue weighted by Crippen LogP contribution is 2.34. The molecule has 0 fully saturated rings. The Balaban J connectivity index is 1.94. The zero-order valence-electron chi connectivity index (χ0n) is 11.2. The molecule has 0 unspecified atom stereocenters. The zero-order valence-corrected chi connectivity index (χ0v) is 12.8. The van der Waals surface area contributed by atoms with Gasteiger partial charge in [-0.15, -0.1) is 0 Å². The van der Waals surface area contributed by atoms with Crippen molar-refractivity contribution in [3.05, 3.63) is 47.2 Å². The molecule has 0 bridgehead atoms. The van der Waals surface area contributed by atoms with Crippen LogP contribution < -0.4 is 10.1 Å². The maximum atomic E-state index is 13.8. The van der Waals surface area contributed by atoms with Crippen molar-refractivity contribution < 1.29 is 9.13 Å². The number of para-hydroxylation sites is 1. The fraction of sp³-hybridized carbons (Fsp3) is 0.133. The highest BCUT2D eigenvalue weighted by molar-refractivity contribution is 7.22. The average Bonchev–Trinajstić information content (AvgIpc) is 2.85. The number of hydrogen-bond donors (Lipinski definition) is 1. The van der Waals surface area contributed by atoms with Gasteiger partial charge >= 0.3 is 0 Å². The van der Waals surface area contributed by atoms with Crippen LogP contribution in [0, 0.1) is 5.82 Å². The van der Waals surface area contributed by atoms with Crippen LogP contribution in [-0.2, 0) is 0 Å². The molecule has 3 aromatic rings. The van der Waals surface area contributed by atoms with Crippen molar-refractivity contribution in [2.75, 3.05) is 11.9 Å². The van der Waals surface area contributed by atoms with Crippen molar-refractivity contribution in [2.45, 2.75) is 6.92 Å². The van der Waals surface area contributed by atoms with Gasteiger partial charge in [-0.1, -0.05) is 29.0 Å². The first-order valence-corrected chi connectivity index (χ1v) is 7.61. The summed E-state index contributed by atoms with van der Waals surface area (Å²) in [5, 5.41) is 3.85. The van der Waals surface area contributed by atoms with Gasteiger partial charge in [-0.3, -0.25) is 0 Å². The summed E-state index contributed by atoms with van der Waals surface area (Å²) in [7, 11) is 0. The largest absolute Gasteiger partial charge is 0.494 e. The molecule has 0 atom stereocenters. The first kappa shape index (κ1) is 14.1. The second-order valence-corrected chi connectivity index (χ2v) is 5.74. The molecule has 0 saturated carbocycles. The molecule has 0 aliphatic carbocycles. The summed E-state index contributed by atoms with van der Waals surface area (Å²) < 4.78 is 20.2. The van der Waals surface area contributed by atoms with Crippen LogP contribution in [0.5, 0.6) is 5.75 Å². The Hall–Kier alpha value is -1.85. The minimum Gasteiger partial charge on any atom is -0.494 e. The number of nitrogens with one attached hydrogen (secondary N) is 1. The first-order valence-electron chi connectivity index (χ1n) is 6.42. The van der Waals surface area contributed by atoms with Gasteiger partial charge in [0.15, 0.2) is 5.13 Å². The summed E-state index contributed by atoms with van der Waals surface area (Å²) in [6, 6.07) is 10.2. The highest BCUT2D eigenvalue weighted by atomic mass is 35.5. The minimum absolute atomic E-state index is 0.239. The number of thiazole rings is 1. The molecule has 0 saturated heterocycles. The van der Waals surface area contributed by atoms with Crippen molar-refractivity contribution in [1.82, 2.24) is 4.98 Å². The molecule has 108 valence electrons. The van der Waals surface area contributed by atoms with Gasteiger partial charge in [-0.05, 0) is 37.3 Å². The molecule has 1 N–H and O–H groups in total. The number of fused-ring (bicyclic) bond motifs is 1. The quantitative estimate of drug-likeness (QED) is 0.714. The number of benzene rings is 2. The normalized spacial score (nSPS) is 10.8.